The smallest absolute Gasteiger partial charge is 0.335 e. The van der Waals surface area contributed by atoms with Crippen LogP contribution in [-0.2, 0) is 24.4 Å². The van der Waals surface area contributed by atoms with E-state index >= 15 is 0 Å². The van der Waals surface area contributed by atoms with Gasteiger partial charge in [-0.3, -0.25) is 4.90 Å². The van der Waals surface area contributed by atoms with Crippen molar-refractivity contribution in [1.82, 2.24) is 24.4 Å². The van der Waals surface area contributed by atoms with Crippen LogP contribution in [0.3, 0.4) is 0 Å². The third-order valence-corrected chi connectivity index (χ3v) is 9.25. The van der Waals surface area contributed by atoms with Crippen molar-refractivity contribution in [2.24, 2.45) is 0 Å². The molecular weight excluding hydrogens is 550 g/mol. The molecule has 9 nitrogen and oxygen atoms in total. The van der Waals surface area contributed by atoms with Gasteiger partial charge >= 0.3 is 5.97 Å². The Morgan fingerprint density at radius 2 is 1.88 bits per heavy atom. The molecule has 2 aliphatic rings. The number of benzene rings is 2. The van der Waals surface area contributed by atoms with Gasteiger partial charge in [-0.2, -0.15) is 0 Å². The summed E-state index contributed by atoms with van der Waals surface area (Å²) >= 11 is 1.70. The van der Waals surface area contributed by atoms with Crippen molar-refractivity contribution >= 4 is 38.6 Å². The third kappa shape index (κ3) is 5.62. The molecule has 10 heteroatoms. The number of carbonyl (C=O) groups is 1. The van der Waals surface area contributed by atoms with Crippen LogP contribution in [0.2, 0.25) is 0 Å². The number of nitrogens with zero attached hydrogens (tertiary/aromatic N) is 5. The van der Waals surface area contributed by atoms with Gasteiger partial charge in [-0.25, -0.2) is 19.7 Å². The molecule has 1 unspecified atom stereocenters. The second-order valence-corrected chi connectivity index (χ2v) is 12.4. The molecular formula is C32H33N5O4S. The van der Waals surface area contributed by atoms with Crippen LogP contribution >= 0.6 is 11.3 Å². The van der Waals surface area contributed by atoms with Gasteiger partial charge in [0, 0.05) is 24.3 Å². The quantitative estimate of drug-likeness (QED) is 0.233. The van der Waals surface area contributed by atoms with E-state index in [1.54, 1.807) is 23.5 Å². The Hall–Kier alpha value is -3.86. The number of fused-ring (bicyclic) bond motifs is 2. The fraction of sp³-hybridized carbons (Fsp3) is 0.375. The predicted molar refractivity (Wildman–Crippen MR) is 161 cm³/mol. The van der Waals surface area contributed by atoms with Crippen LogP contribution in [0.1, 0.15) is 57.6 Å². The number of imidazole rings is 1. The lowest BCUT2D eigenvalue weighted by atomic mass is 9.93. The number of aromatic nitrogens is 4. The predicted octanol–water partition coefficient (Wildman–Crippen LogP) is 5.80. The van der Waals surface area contributed by atoms with Crippen LogP contribution in [0.5, 0.6) is 5.88 Å². The van der Waals surface area contributed by atoms with Gasteiger partial charge in [0.1, 0.15) is 12.4 Å². The number of hydrogen-bond acceptors (Lipinski definition) is 8. The van der Waals surface area contributed by atoms with Gasteiger partial charge in [0.2, 0.25) is 5.88 Å². The second-order valence-electron chi connectivity index (χ2n) is 11.2. The first-order chi connectivity index (χ1) is 20.5. The van der Waals surface area contributed by atoms with E-state index in [2.05, 4.69) is 38.7 Å². The van der Waals surface area contributed by atoms with Crippen molar-refractivity contribution in [2.45, 2.75) is 57.9 Å². The van der Waals surface area contributed by atoms with Gasteiger partial charge < -0.3 is 19.1 Å². The molecule has 2 aliphatic heterocycles. The summed E-state index contributed by atoms with van der Waals surface area (Å²) in [5, 5.41) is 10.6. The van der Waals surface area contributed by atoms with Crippen LogP contribution in [0, 0.1) is 6.92 Å². The lowest BCUT2D eigenvalue weighted by Gasteiger charge is -2.32. The maximum absolute atomic E-state index is 11.6. The van der Waals surface area contributed by atoms with Crippen molar-refractivity contribution < 1.29 is 19.4 Å². The van der Waals surface area contributed by atoms with Gasteiger partial charge in [-0.1, -0.05) is 12.1 Å². The summed E-state index contributed by atoms with van der Waals surface area (Å²) in [4.78, 5) is 28.4. The van der Waals surface area contributed by atoms with Gasteiger partial charge in [-0.05, 0) is 81.2 Å². The summed E-state index contributed by atoms with van der Waals surface area (Å²) in [6.45, 7) is 6.58. The van der Waals surface area contributed by atoms with E-state index in [0.29, 0.717) is 24.9 Å². The molecule has 5 heterocycles. The molecule has 3 aromatic heterocycles. The number of carboxylic acid groups (broad SMARTS) is 1. The Morgan fingerprint density at radius 1 is 1.05 bits per heavy atom. The average Bonchev–Trinajstić information content (AvgIpc) is 3.52. The van der Waals surface area contributed by atoms with E-state index < -0.39 is 5.97 Å². The summed E-state index contributed by atoms with van der Waals surface area (Å²) in [7, 11) is 0. The van der Waals surface area contributed by atoms with E-state index in [9.17, 15) is 9.90 Å². The number of carboxylic acids is 1. The number of hydrogen-bond donors (Lipinski definition) is 1. The summed E-state index contributed by atoms with van der Waals surface area (Å²) < 4.78 is 15.1. The van der Waals surface area contributed by atoms with Crippen LogP contribution in [0.15, 0.2) is 54.6 Å². The van der Waals surface area contributed by atoms with Crippen molar-refractivity contribution in [2.75, 3.05) is 19.7 Å². The highest BCUT2D eigenvalue weighted by molar-refractivity contribution is 7.18. The maximum atomic E-state index is 11.6. The second kappa shape index (κ2) is 11.4. The van der Waals surface area contributed by atoms with Crippen molar-refractivity contribution in [1.29, 1.82) is 0 Å². The minimum atomic E-state index is -0.927. The molecule has 2 aromatic carbocycles. The zero-order valence-electron chi connectivity index (χ0n) is 23.5. The highest BCUT2D eigenvalue weighted by Gasteiger charge is 2.26. The molecule has 2 fully saturated rings. The first kappa shape index (κ1) is 27.0. The number of ether oxygens (including phenoxy) is 2. The standard InChI is InChI=1S/C32H33N5O4S/c1-20-33-27-7-5-21(15-29(27)42-20)19-41-31-4-2-3-25(35-31)22-9-12-36(13-10-22)18-30-34-26-8-6-23(32(38)39)16-28(26)37(30)17-24-11-14-40-24/h2-8,15-16,22,24H,9-14,17-19H2,1H3,(H,38,39). The molecule has 1 atom stereocenters. The monoisotopic (exact) mass is 583 g/mol. The van der Waals surface area contributed by atoms with Crippen LogP contribution in [-0.4, -0.2) is 61.3 Å². The van der Waals surface area contributed by atoms with E-state index in [1.165, 1.54) is 4.70 Å². The fourth-order valence-corrected chi connectivity index (χ4v) is 6.81. The number of piperidine rings is 1. The van der Waals surface area contributed by atoms with Crippen LogP contribution in [0.4, 0.5) is 0 Å². The Balaban J connectivity index is 0.999. The highest BCUT2D eigenvalue weighted by atomic mass is 32.1. The van der Waals surface area contributed by atoms with Gasteiger partial charge in [0.25, 0.3) is 0 Å². The Kier molecular flexibility index (Phi) is 7.35. The summed E-state index contributed by atoms with van der Waals surface area (Å²) in [6, 6.07) is 17.5. The molecule has 5 aromatic rings. The maximum Gasteiger partial charge on any atom is 0.335 e. The SMILES string of the molecule is Cc1nc2ccc(COc3cccc(C4CCN(Cc5nc6ccc(C(=O)O)cc6n5CC5CCO5)CC4)n3)cc2s1. The van der Waals surface area contributed by atoms with Crippen molar-refractivity contribution in [3.05, 3.63) is 82.3 Å². The number of rotatable bonds is 9. The molecule has 0 spiro atoms. The molecule has 0 radical (unpaired) electrons. The fourth-order valence-electron chi connectivity index (χ4n) is 5.92. The average molecular weight is 584 g/mol. The topological polar surface area (TPSA) is 103 Å². The summed E-state index contributed by atoms with van der Waals surface area (Å²) in [5.41, 5.74) is 5.19. The number of likely N-dealkylation sites (tertiary alicyclic amines) is 1. The molecule has 0 amide bonds. The zero-order valence-corrected chi connectivity index (χ0v) is 24.3. The molecule has 42 heavy (non-hydrogen) atoms. The largest absolute Gasteiger partial charge is 0.478 e. The highest BCUT2D eigenvalue weighted by Crippen LogP contribution is 2.30. The normalized spacial score (nSPS) is 18.0. The summed E-state index contributed by atoms with van der Waals surface area (Å²) in [5.74, 6) is 1.07. The molecule has 216 valence electrons. The van der Waals surface area contributed by atoms with Gasteiger partial charge in [0.05, 0.1) is 51.0 Å². The minimum absolute atomic E-state index is 0.153. The lowest BCUT2D eigenvalue weighted by Crippen LogP contribution is -2.35. The molecule has 0 saturated carbocycles. The molecule has 7 rings (SSSR count). The Bertz CT molecular complexity index is 1750. The third-order valence-electron chi connectivity index (χ3n) is 8.32. The lowest BCUT2D eigenvalue weighted by molar-refractivity contribution is -0.0592. The van der Waals surface area contributed by atoms with E-state index in [4.69, 9.17) is 19.4 Å². The van der Waals surface area contributed by atoms with Gasteiger partial charge in [-0.15, -0.1) is 11.3 Å². The number of pyridine rings is 1. The summed E-state index contributed by atoms with van der Waals surface area (Å²) in [6.07, 6.45) is 3.18. The molecule has 0 bridgehead atoms. The van der Waals surface area contributed by atoms with E-state index in [0.717, 1.165) is 84.1 Å². The van der Waals surface area contributed by atoms with Gasteiger partial charge in [0.15, 0.2) is 0 Å². The number of thiazole rings is 1. The molecule has 0 aliphatic carbocycles. The molecule has 2 saturated heterocycles. The number of aryl methyl sites for hydroxylation is 1. The van der Waals surface area contributed by atoms with Crippen LogP contribution in [0.25, 0.3) is 21.3 Å². The van der Waals surface area contributed by atoms with E-state index in [-0.39, 0.29) is 11.7 Å². The molecule has 1 N–H and O–H groups in total. The zero-order chi connectivity index (χ0) is 28.6. The Labute approximate surface area is 247 Å². The first-order valence-electron chi connectivity index (χ1n) is 14.5. The van der Waals surface area contributed by atoms with Crippen molar-refractivity contribution in [3.63, 3.8) is 0 Å². The van der Waals surface area contributed by atoms with Crippen molar-refractivity contribution in [3.8, 4) is 5.88 Å². The minimum Gasteiger partial charge on any atom is -0.478 e. The number of aromatic carboxylic acids is 1. The van der Waals surface area contributed by atoms with Crippen LogP contribution < -0.4 is 4.74 Å². The van der Waals surface area contributed by atoms with E-state index in [1.807, 2.05) is 25.1 Å². The Morgan fingerprint density at radius 3 is 2.67 bits per heavy atom. The first-order valence-corrected chi connectivity index (χ1v) is 15.3.